The van der Waals surface area contributed by atoms with Crippen molar-refractivity contribution in [1.82, 2.24) is 4.98 Å². The lowest BCUT2D eigenvalue weighted by atomic mass is 10.0. The molecule has 0 unspecified atom stereocenters. The summed E-state index contributed by atoms with van der Waals surface area (Å²) in [5.41, 5.74) is 0.752. The van der Waals surface area contributed by atoms with Crippen LogP contribution in [0, 0.1) is 18.6 Å². The number of hydrogen-bond acceptors (Lipinski definition) is 2. The second-order valence-electron chi connectivity index (χ2n) is 4.30. The monoisotopic (exact) mass is 261 g/mol. The van der Waals surface area contributed by atoms with Gasteiger partial charge in [0.15, 0.2) is 17.4 Å². The fourth-order valence-electron chi connectivity index (χ4n) is 1.78. The molecule has 0 radical (unpaired) electrons. The van der Waals surface area contributed by atoms with Crippen LogP contribution in [0.25, 0.3) is 0 Å². The number of aromatic nitrogens is 1. The van der Waals surface area contributed by atoms with E-state index in [1.165, 1.54) is 19.1 Å². The average molecular weight is 261 g/mol. The highest BCUT2D eigenvalue weighted by Crippen LogP contribution is 2.17. The van der Waals surface area contributed by atoms with E-state index in [4.69, 9.17) is 0 Å². The van der Waals surface area contributed by atoms with Crippen molar-refractivity contribution < 1.29 is 13.6 Å². The highest BCUT2D eigenvalue weighted by atomic mass is 19.2. The van der Waals surface area contributed by atoms with Crippen LogP contribution in [-0.4, -0.2) is 10.8 Å². The number of carbonyl (C=O) groups is 1. The summed E-state index contributed by atoms with van der Waals surface area (Å²) in [5, 5.41) is 0. The van der Waals surface area contributed by atoms with Crippen molar-refractivity contribution in [2.45, 2.75) is 19.8 Å². The van der Waals surface area contributed by atoms with E-state index in [1.54, 1.807) is 18.3 Å². The van der Waals surface area contributed by atoms with Crippen LogP contribution in [0.3, 0.4) is 0 Å². The highest BCUT2D eigenvalue weighted by molar-refractivity contribution is 5.96. The van der Waals surface area contributed by atoms with E-state index < -0.39 is 17.4 Å². The zero-order valence-corrected chi connectivity index (χ0v) is 10.5. The van der Waals surface area contributed by atoms with Gasteiger partial charge in [-0.3, -0.25) is 9.78 Å². The lowest BCUT2D eigenvalue weighted by molar-refractivity contribution is 0.0977. The number of benzene rings is 1. The number of hydrogen-bond donors (Lipinski definition) is 0. The van der Waals surface area contributed by atoms with E-state index in [0.29, 0.717) is 6.42 Å². The van der Waals surface area contributed by atoms with Crippen molar-refractivity contribution >= 4 is 5.78 Å². The predicted molar refractivity (Wildman–Crippen MR) is 68.0 cm³/mol. The summed E-state index contributed by atoms with van der Waals surface area (Å²) >= 11 is 0. The minimum atomic E-state index is -1.06. The molecule has 2 rings (SSSR count). The fourth-order valence-corrected chi connectivity index (χ4v) is 1.78. The molecule has 98 valence electrons. The molecule has 0 aliphatic rings. The average Bonchev–Trinajstić information content (AvgIpc) is 2.43. The number of nitrogens with zero attached hydrogens (tertiary/aromatic N) is 1. The number of ketones is 1. The molecule has 4 heteroatoms. The van der Waals surface area contributed by atoms with Crippen LogP contribution in [0.2, 0.25) is 0 Å². The zero-order chi connectivity index (χ0) is 13.8. The maximum Gasteiger partial charge on any atom is 0.169 e. The fraction of sp³-hybridized carbons (Fsp3) is 0.200. The first-order valence-corrected chi connectivity index (χ1v) is 5.97. The molecule has 0 amide bonds. The number of carbonyl (C=O) groups excluding carboxylic acids is 1. The van der Waals surface area contributed by atoms with Gasteiger partial charge in [0, 0.05) is 18.3 Å². The number of halogens is 2. The van der Waals surface area contributed by atoms with Crippen LogP contribution < -0.4 is 0 Å². The smallest absolute Gasteiger partial charge is 0.169 e. The topological polar surface area (TPSA) is 30.0 Å². The summed E-state index contributed by atoms with van der Waals surface area (Å²) in [6.07, 6.45) is 2.15. The van der Waals surface area contributed by atoms with Crippen LogP contribution in [0.5, 0.6) is 0 Å². The summed E-state index contributed by atoms with van der Waals surface area (Å²) < 4.78 is 27.0. The van der Waals surface area contributed by atoms with E-state index in [0.717, 1.165) is 5.69 Å². The Morgan fingerprint density at radius 1 is 1.16 bits per heavy atom. The van der Waals surface area contributed by atoms with Crippen molar-refractivity contribution in [3.63, 3.8) is 0 Å². The minimum absolute atomic E-state index is 0.108. The number of pyridine rings is 1. The van der Waals surface area contributed by atoms with Crippen LogP contribution in [0.15, 0.2) is 36.5 Å². The van der Waals surface area contributed by atoms with Gasteiger partial charge in [0.05, 0.1) is 5.56 Å². The Balaban J connectivity index is 2.11. The largest absolute Gasteiger partial charge is 0.294 e. The Morgan fingerprint density at radius 3 is 2.63 bits per heavy atom. The number of aryl methyl sites for hydroxylation is 2. The first-order chi connectivity index (χ1) is 9.09. The summed E-state index contributed by atoms with van der Waals surface area (Å²) in [6, 6.07) is 8.12. The Bertz CT molecular complexity index is 597. The molecular weight excluding hydrogens is 248 g/mol. The van der Waals surface area contributed by atoms with E-state index in [2.05, 4.69) is 4.98 Å². The lowest BCUT2D eigenvalue weighted by Crippen LogP contribution is -2.07. The Morgan fingerprint density at radius 2 is 1.95 bits per heavy atom. The third-order valence-corrected chi connectivity index (χ3v) is 2.91. The molecule has 1 aromatic carbocycles. The van der Waals surface area contributed by atoms with Crippen LogP contribution >= 0.6 is 0 Å². The quantitative estimate of drug-likeness (QED) is 0.789. The van der Waals surface area contributed by atoms with Gasteiger partial charge in [-0.05, 0) is 37.1 Å². The summed E-state index contributed by atoms with van der Waals surface area (Å²) in [7, 11) is 0. The standard InChI is InChI=1S/C15H13F2NO/c1-10-5-7-12(15(17)14(10)16)13(19)8-6-11-4-2-3-9-18-11/h2-5,7,9H,6,8H2,1H3. The third kappa shape index (κ3) is 3.02. The van der Waals surface area contributed by atoms with Crippen LogP contribution in [0.4, 0.5) is 8.78 Å². The van der Waals surface area contributed by atoms with E-state index in [1.807, 2.05) is 6.07 Å². The van der Waals surface area contributed by atoms with Crippen molar-refractivity contribution in [2.24, 2.45) is 0 Å². The first kappa shape index (κ1) is 13.3. The van der Waals surface area contributed by atoms with Gasteiger partial charge in [-0.15, -0.1) is 0 Å². The maximum absolute atomic E-state index is 13.6. The Labute approximate surface area is 110 Å². The van der Waals surface area contributed by atoms with Crippen molar-refractivity contribution in [1.29, 1.82) is 0 Å². The summed E-state index contributed by atoms with van der Waals surface area (Å²) in [6.45, 7) is 1.46. The zero-order valence-electron chi connectivity index (χ0n) is 10.5. The highest BCUT2D eigenvalue weighted by Gasteiger charge is 2.16. The molecule has 0 fully saturated rings. The molecule has 0 saturated heterocycles. The molecule has 1 aromatic heterocycles. The molecule has 1 heterocycles. The number of rotatable bonds is 4. The van der Waals surface area contributed by atoms with Gasteiger partial charge in [-0.1, -0.05) is 12.1 Å². The van der Waals surface area contributed by atoms with E-state index >= 15 is 0 Å². The Hall–Kier alpha value is -2.10. The second kappa shape index (κ2) is 5.69. The van der Waals surface area contributed by atoms with Gasteiger partial charge in [0.2, 0.25) is 0 Å². The molecule has 0 bridgehead atoms. The van der Waals surface area contributed by atoms with Gasteiger partial charge in [0.25, 0.3) is 0 Å². The van der Waals surface area contributed by atoms with Crippen molar-refractivity contribution in [3.8, 4) is 0 Å². The summed E-state index contributed by atoms with van der Waals surface area (Å²) in [4.78, 5) is 15.9. The predicted octanol–water partition coefficient (Wildman–Crippen LogP) is 3.48. The number of Topliss-reactive ketones (excluding diaryl/α,β-unsaturated/α-hetero) is 1. The second-order valence-corrected chi connectivity index (χ2v) is 4.30. The normalized spacial score (nSPS) is 10.5. The molecule has 2 nitrogen and oxygen atoms in total. The molecule has 0 N–H and O–H groups in total. The van der Waals surface area contributed by atoms with Gasteiger partial charge in [-0.2, -0.15) is 0 Å². The molecule has 0 spiro atoms. The molecule has 19 heavy (non-hydrogen) atoms. The SMILES string of the molecule is Cc1ccc(C(=O)CCc2ccccn2)c(F)c1F. The minimum Gasteiger partial charge on any atom is -0.294 e. The van der Waals surface area contributed by atoms with Crippen molar-refractivity contribution in [2.75, 3.05) is 0 Å². The summed E-state index contributed by atoms with van der Waals surface area (Å²) in [5.74, 6) is -2.43. The molecular formula is C15H13F2NO. The van der Waals surface area contributed by atoms with Gasteiger partial charge >= 0.3 is 0 Å². The van der Waals surface area contributed by atoms with Crippen LogP contribution in [-0.2, 0) is 6.42 Å². The van der Waals surface area contributed by atoms with E-state index in [9.17, 15) is 13.6 Å². The Kier molecular flexibility index (Phi) is 4.00. The van der Waals surface area contributed by atoms with Gasteiger partial charge in [-0.25, -0.2) is 8.78 Å². The van der Waals surface area contributed by atoms with Gasteiger partial charge in [0.1, 0.15) is 0 Å². The maximum atomic E-state index is 13.6. The molecule has 2 aromatic rings. The molecule has 0 saturated carbocycles. The van der Waals surface area contributed by atoms with E-state index in [-0.39, 0.29) is 17.5 Å². The molecule has 0 atom stereocenters. The third-order valence-electron chi connectivity index (χ3n) is 2.91. The first-order valence-electron chi connectivity index (χ1n) is 5.97. The van der Waals surface area contributed by atoms with Gasteiger partial charge < -0.3 is 0 Å². The molecule has 0 aliphatic heterocycles. The van der Waals surface area contributed by atoms with Crippen LogP contribution in [0.1, 0.15) is 28.0 Å². The lowest BCUT2D eigenvalue weighted by Gasteiger charge is -2.05. The van der Waals surface area contributed by atoms with Crippen molar-refractivity contribution in [3.05, 3.63) is 65.0 Å². The molecule has 0 aliphatic carbocycles.